The van der Waals surface area contributed by atoms with E-state index in [0.29, 0.717) is 10.6 Å². The Morgan fingerprint density at radius 3 is 2.88 bits per heavy atom. The van der Waals surface area contributed by atoms with E-state index in [-0.39, 0.29) is 41.8 Å². The molecule has 0 radical (unpaired) electrons. The molecular formula is C17H26ClFIN3O. The Morgan fingerprint density at radius 1 is 1.42 bits per heavy atom. The van der Waals surface area contributed by atoms with E-state index in [0.717, 1.165) is 45.0 Å². The molecule has 2 rings (SSSR count). The van der Waals surface area contributed by atoms with Crippen LogP contribution in [0.5, 0.6) is 0 Å². The normalized spacial score (nSPS) is 19.6. The molecule has 1 aliphatic rings. The van der Waals surface area contributed by atoms with E-state index in [1.54, 1.807) is 19.2 Å². The van der Waals surface area contributed by atoms with Gasteiger partial charge in [-0.1, -0.05) is 17.7 Å². The van der Waals surface area contributed by atoms with Crippen molar-refractivity contribution >= 4 is 41.5 Å². The molecule has 0 aliphatic heterocycles. The quantitative estimate of drug-likeness (QED) is 0.262. The minimum Gasteiger partial charge on any atom is -0.382 e. The Balaban J connectivity index is 0.00000288. The number of nitrogens with zero attached hydrogens (tertiary/aromatic N) is 1. The number of guanidine groups is 1. The number of hydrogen-bond donors (Lipinski definition) is 2. The maximum absolute atomic E-state index is 13.9. The number of unbranched alkanes of at least 4 members (excludes halogenated alkanes) is 1. The van der Waals surface area contributed by atoms with Crippen LogP contribution in [0.2, 0.25) is 5.02 Å². The second kappa shape index (κ2) is 11.1. The lowest BCUT2D eigenvalue weighted by atomic mass is 10.1. The highest BCUT2D eigenvalue weighted by atomic mass is 127. The zero-order valence-corrected chi connectivity index (χ0v) is 17.2. The largest absolute Gasteiger partial charge is 0.382 e. The molecule has 0 spiro atoms. The first-order valence-corrected chi connectivity index (χ1v) is 8.54. The molecule has 0 aromatic heterocycles. The SMILES string of the molecule is CCOCCCCNC(=NC)NC1CC1c1c(F)cccc1Cl.I. The summed E-state index contributed by atoms with van der Waals surface area (Å²) in [6.45, 7) is 4.39. The average Bonchev–Trinajstić information content (AvgIpc) is 3.28. The number of benzene rings is 1. The fourth-order valence-electron chi connectivity index (χ4n) is 2.59. The van der Waals surface area contributed by atoms with Gasteiger partial charge in [-0.3, -0.25) is 4.99 Å². The second-order valence-corrected chi connectivity index (χ2v) is 6.04. The summed E-state index contributed by atoms with van der Waals surface area (Å²) < 4.78 is 19.2. The molecule has 1 aliphatic carbocycles. The predicted octanol–water partition coefficient (Wildman–Crippen LogP) is 3.93. The van der Waals surface area contributed by atoms with Gasteiger partial charge in [0.25, 0.3) is 0 Å². The van der Waals surface area contributed by atoms with Gasteiger partial charge in [0.1, 0.15) is 5.82 Å². The topological polar surface area (TPSA) is 45.6 Å². The number of ether oxygens (including phenoxy) is 1. The number of rotatable bonds is 8. The number of nitrogens with one attached hydrogen (secondary N) is 2. The van der Waals surface area contributed by atoms with Gasteiger partial charge in [-0.15, -0.1) is 24.0 Å². The van der Waals surface area contributed by atoms with E-state index in [4.69, 9.17) is 16.3 Å². The van der Waals surface area contributed by atoms with Crippen LogP contribution < -0.4 is 10.6 Å². The van der Waals surface area contributed by atoms with Crippen LogP contribution in [-0.2, 0) is 4.74 Å². The first-order chi connectivity index (χ1) is 11.2. The molecule has 0 bridgehead atoms. The maximum Gasteiger partial charge on any atom is 0.191 e. The van der Waals surface area contributed by atoms with Crippen LogP contribution in [0.3, 0.4) is 0 Å². The average molecular weight is 470 g/mol. The molecule has 2 atom stereocenters. The highest BCUT2D eigenvalue weighted by molar-refractivity contribution is 14.0. The first kappa shape index (κ1) is 21.4. The van der Waals surface area contributed by atoms with Crippen molar-refractivity contribution in [2.24, 2.45) is 4.99 Å². The number of halogens is 3. The highest BCUT2D eigenvalue weighted by Crippen LogP contribution is 2.44. The summed E-state index contributed by atoms with van der Waals surface area (Å²) in [6, 6.07) is 5.01. The summed E-state index contributed by atoms with van der Waals surface area (Å²) in [5.41, 5.74) is 0.610. The van der Waals surface area contributed by atoms with Gasteiger partial charge < -0.3 is 15.4 Å². The molecule has 0 heterocycles. The van der Waals surface area contributed by atoms with Crippen molar-refractivity contribution in [3.05, 3.63) is 34.6 Å². The summed E-state index contributed by atoms with van der Waals surface area (Å²) in [6.07, 6.45) is 2.91. The number of hydrogen-bond acceptors (Lipinski definition) is 2. The molecule has 7 heteroatoms. The van der Waals surface area contributed by atoms with Crippen LogP contribution in [0.1, 0.15) is 37.7 Å². The monoisotopic (exact) mass is 469 g/mol. The van der Waals surface area contributed by atoms with E-state index < -0.39 is 0 Å². The molecule has 24 heavy (non-hydrogen) atoms. The zero-order chi connectivity index (χ0) is 16.7. The smallest absolute Gasteiger partial charge is 0.191 e. The Morgan fingerprint density at radius 2 is 2.21 bits per heavy atom. The zero-order valence-electron chi connectivity index (χ0n) is 14.1. The summed E-state index contributed by atoms with van der Waals surface area (Å²) in [5.74, 6) is 0.632. The number of aliphatic imine (C=N–C) groups is 1. The van der Waals surface area contributed by atoms with Crippen molar-refractivity contribution in [3.8, 4) is 0 Å². The van der Waals surface area contributed by atoms with Gasteiger partial charge in [0.2, 0.25) is 0 Å². The van der Waals surface area contributed by atoms with Crippen molar-refractivity contribution in [3.63, 3.8) is 0 Å². The van der Waals surface area contributed by atoms with Crippen LogP contribution >= 0.6 is 35.6 Å². The van der Waals surface area contributed by atoms with E-state index in [1.165, 1.54) is 6.07 Å². The molecule has 2 unspecified atom stereocenters. The lowest BCUT2D eigenvalue weighted by Crippen LogP contribution is -2.39. The van der Waals surface area contributed by atoms with Crippen molar-refractivity contribution in [2.45, 2.75) is 38.1 Å². The molecule has 136 valence electrons. The summed E-state index contributed by atoms with van der Waals surface area (Å²) in [7, 11) is 1.74. The fraction of sp³-hybridized carbons (Fsp3) is 0.588. The Bertz CT molecular complexity index is 524. The molecule has 0 saturated heterocycles. The molecule has 1 saturated carbocycles. The third-order valence-electron chi connectivity index (χ3n) is 3.92. The van der Waals surface area contributed by atoms with Crippen molar-refractivity contribution in [1.82, 2.24) is 10.6 Å². The van der Waals surface area contributed by atoms with E-state index in [9.17, 15) is 4.39 Å². The van der Waals surface area contributed by atoms with E-state index in [1.807, 2.05) is 6.92 Å². The maximum atomic E-state index is 13.9. The molecule has 1 fully saturated rings. The van der Waals surface area contributed by atoms with Crippen molar-refractivity contribution in [2.75, 3.05) is 26.8 Å². The van der Waals surface area contributed by atoms with Crippen LogP contribution in [0.15, 0.2) is 23.2 Å². The Hall–Kier alpha value is -0.600. The van der Waals surface area contributed by atoms with Crippen LogP contribution in [0.4, 0.5) is 4.39 Å². The summed E-state index contributed by atoms with van der Waals surface area (Å²) in [4.78, 5) is 4.21. The van der Waals surface area contributed by atoms with Crippen molar-refractivity contribution in [1.29, 1.82) is 0 Å². The van der Waals surface area contributed by atoms with Crippen LogP contribution in [0, 0.1) is 5.82 Å². The van der Waals surface area contributed by atoms with Crippen LogP contribution in [-0.4, -0.2) is 38.8 Å². The van der Waals surface area contributed by atoms with Gasteiger partial charge in [-0.05, 0) is 38.3 Å². The van der Waals surface area contributed by atoms with Gasteiger partial charge in [-0.25, -0.2) is 4.39 Å². The van der Waals surface area contributed by atoms with Crippen LogP contribution in [0.25, 0.3) is 0 Å². The fourth-order valence-corrected chi connectivity index (χ4v) is 2.89. The standard InChI is InChI=1S/C17H25ClFN3O.HI/c1-3-23-10-5-4-9-21-17(20-2)22-15-11-12(15)16-13(18)7-6-8-14(16)19;/h6-8,12,15H,3-5,9-11H2,1-2H3,(H2,20,21,22);1H. The summed E-state index contributed by atoms with van der Waals surface area (Å²) in [5, 5.41) is 7.10. The Kier molecular flexibility index (Phi) is 9.92. The van der Waals surface area contributed by atoms with E-state index in [2.05, 4.69) is 15.6 Å². The third kappa shape index (κ3) is 6.37. The Labute approximate surface area is 165 Å². The van der Waals surface area contributed by atoms with Gasteiger partial charge >= 0.3 is 0 Å². The second-order valence-electron chi connectivity index (χ2n) is 5.63. The molecule has 0 amide bonds. The highest BCUT2D eigenvalue weighted by Gasteiger charge is 2.41. The van der Waals surface area contributed by atoms with Gasteiger partial charge in [0.05, 0.1) is 0 Å². The lowest BCUT2D eigenvalue weighted by Gasteiger charge is -2.12. The van der Waals surface area contributed by atoms with Gasteiger partial charge in [0, 0.05) is 49.4 Å². The van der Waals surface area contributed by atoms with Gasteiger partial charge in [0.15, 0.2) is 5.96 Å². The third-order valence-corrected chi connectivity index (χ3v) is 4.25. The molecule has 1 aromatic carbocycles. The molecular weight excluding hydrogens is 444 g/mol. The predicted molar refractivity (Wildman–Crippen MR) is 108 cm³/mol. The van der Waals surface area contributed by atoms with E-state index >= 15 is 0 Å². The summed E-state index contributed by atoms with van der Waals surface area (Å²) >= 11 is 6.12. The lowest BCUT2D eigenvalue weighted by molar-refractivity contribution is 0.143. The minimum absolute atomic E-state index is 0. The minimum atomic E-state index is -0.231. The molecule has 4 nitrogen and oxygen atoms in total. The first-order valence-electron chi connectivity index (χ1n) is 8.16. The van der Waals surface area contributed by atoms with Gasteiger partial charge in [-0.2, -0.15) is 0 Å². The molecule has 2 N–H and O–H groups in total. The molecule has 1 aromatic rings. The van der Waals surface area contributed by atoms with Crippen molar-refractivity contribution < 1.29 is 9.13 Å².